The number of unbranched alkanes of at least 4 members (excludes halogenated alkanes) is 1. The van der Waals surface area contributed by atoms with E-state index in [-0.39, 0.29) is 5.91 Å². The second-order valence-corrected chi connectivity index (χ2v) is 4.13. The maximum absolute atomic E-state index is 11.4. The lowest BCUT2D eigenvalue weighted by atomic mass is 10.1. The van der Waals surface area contributed by atoms with E-state index in [1.165, 1.54) is 0 Å². The van der Waals surface area contributed by atoms with E-state index in [9.17, 15) is 4.79 Å². The number of anilines is 2. The van der Waals surface area contributed by atoms with Crippen LogP contribution in [0, 0.1) is 0 Å². The van der Waals surface area contributed by atoms with Crippen LogP contribution in [0.25, 0.3) is 0 Å². The minimum absolute atomic E-state index is 0.112. The van der Waals surface area contributed by atoms with Crippen LogP contribution in [0.2, 0.25) is 0 Å². The van der Waals surface area contributed by atoms with Crippen LogP contribution in [0.15, 0.2) is 18.2 Å². The summed E-state index contributed by atoms with van der Waals surface area (Å²) in [5.74, 6) is -0.112. The Morgan fingerprint density at radius 1 is 1.47 bits per heavy atom. The molecule has 0 fully saturated rings. The second kappa shape index (κ2) is 6.13. The average molecular weight is 235 g/mol. The zero-order chi connectivity index (χ0) is 12.8. The number of carbonyl (C=O) groups is 1. The van der Waals surface area contributed by atoms with Crippen LogP contribution >= 0.6 is 0 Å². The lowest BCUT2D eigenvalue weighted by molar-refractivity contribution is 0.0963. The van der Waals surface area contributed by atoms with Crippen molar-refractivity contribution in [3.8, 4) is 0 Å². The predicted molar refractivity (Wildman–Crippen MR) is 72.4 cm³/mol. The number of benzene rings is 1. The molecule has 0 saturated heterocycles. The summed E-state index contributed by atoms with van der Waals surface area (Å²) in [7, 11) is 3.63. The fourth-order valence-electron chi connectivity index (χ4n) is 1.70. The van der Waals surface area contributed by atoms with Gasteiger partial charge in [0.25, 0.3) is 5.91 Å². The van der Waals surface area contributed by atoms with Crippen LogP contribution in [0.5, 0.6) is 0 Å². The van der Waals surface area contributed by atoms with Crippen molar-refractivity contribution < 1.29 is 4.79 Å². The predicted octanol–water partition coefficient (Wildman–Crippen LogP) is 1.86. The van der Waals surface area contributed by atoms with Gasteiger partial charge in [-0.15, -0.1) is 0 Å². The Labute approximate surface area is 103 Å². The third-order valence-electron chi connectivity index (χ3n) is 2.78. The second-order valence-electron chi connectivity index (χ2n) is 4.13. The van der Waals surface area contributed by atoms with E-state index >= 15 is 0 Å². The monoisotopic (exact) mass is 235 g/mol. The molecule has 0 unspecified atom stereocenters. The Hall–Kier alpha value is -1.71. The van der Waals surface area contributed by atoms with Crippen molar-refractivity contribution in [2.24, 2.45) is 0 Å². The molecule has 0 heterocycles. The molecule has 0 saturated carbocycles. The van der Waals surface area contributed by atoms with Gasteiger partial charge in [0.1, 0.15) is 0 Å². The first-order chi connectivity index (χ1) is 8.10. The van der Waals surface area contributed by atoms with Gasteiger partial charge in [0.2, 0.25) is 0 Å². The van der Waals surface area contributed by atoms with Gasteiger partial charge in [0, 0.05) is 26.2 Å². The van der Waals surface area contributed by atoms with Gasteiger partial charge in [0.05, 0.1) is 11.4 Å². The smallest absolute Gasteiger partial charge is 0.251 e. The van der Waals surface area contributed by atoms with Crippen molar-refractivity contribution in [3.63, 3.8) is 0 Å². The number of nitrogens with two attached hydrogens (primary N) is 1. The molecule has 0 aliphatic carbocycles. The van der Waals surface area contributed by atoms with E-state index in [2.05, 4.69) is 17.1 Å². The maximum Gasteiger partial charge on any atom is 0.251 e. The highest BCUT2D eigenvalue weighted by atomic mass is 16.1. The standard InChI is InChI=1S/C13H21N3O/c1-4-5-8-16(3)12-7-6-10(9-11(12)14)13(17)15-2/h6-7,9H,4-5,8,14H2,1-3H3,(H,15,17). The molecule has 4 nitrogen and oxygen atoms in total. The van der Waals surface area contributed by atoms with Crippen molar-refractivity contribution >= 4 is 17.3 Å². The summed E-state index contributed by atoms with van der Waals surface area (Å²) in [5, 5.41) is 2.58. The summed E-state index contributed by atoms with van der Waals surface area (Å²) < 4.78 is 0. The van der Waals surface area contributed by atoms with Crippen LogP contribution < -0.4 is 16.0 Å². The number of nitrogens with zero attached hydrogens (tertiary/aromatic N) is 1. The summed E-state index contributed by atoms with van der Waals surface area (Å²) in [5.41, 5.74) is 8.18. The molecule has 0 spiro atoms. The van der Waals surface area contributed by atoms with Gasteiger partial charge in [0.15, 0.2) is 0 Å². The number of carbonyl (C=O) groups excluding carboxylic acids is 1. The highest BCUT2D eigenvalue weighted by Crippen LogP contribution is 2.23. The topological polar surface area (TPSA) is 58.4 Å². The zero-order valence-electron chi connectivity index (χ0n) is 10.8. The maximum atomic E-state index is 11.4. The largest absolute Gasteiger partial charge is 0.397 e. The van der Waals surface area contributed by atoms with Crippen LogP contribution in [-0.2, 0) is 0 Å². The molecular weight excluding hydrogens is 214 g/mol. The quantitative estimate of drug-likeness (QED) is 0.766. The molecule has 1 rings (SSSR count). The highest BCUT2D eigenvalue weighted by molar-refractivity contribution is 5.95. The molecule has 0 aromatic heterocycles. The first kappa shape index (κ1) is 13.4. The van der Waals surface area contributed by atoms with Gasteiger partial charge >= 0.3 is 0 Å². The van der Waals surface area contributed by atoms with Crippen LogP contribution in [-0.4, -0.2) is 26.5 Å². The fourth-order valence-corrected chi connectivity index (χ4v) is 1.70. The molecule has 1 amide bonds. The summed E-state index contributed by atoms with van der Waals surface area (Å²) in [6.45, 7) is 3.13. The van der Waals surface area contributed by atoms with Gasteiger partial charge in [-0.25, -0.2) is 0 Å². The van der Waals surface area contributed by atoms with E-state index in [1.807, 2.05) is 13.1 Å². The van der Waals surface area contributed by atoms with E-state index in [0.717, 1.165) is 25.1 Å². The summed E-state index contributed by atoms with van der Waals surface area (Å²) >= 11 is 0. The first-order valence-corrected chi connectivity index (χ1v) is 5.92. The van der Waals surface area contributed by atoms with Gasteiger partial charge in [-0.1, -0.05) is 13.3 Å². The zero-order valence-corrected chi connectivity index (χ0v) is 10.8. The summed E-state index contributed by atoms with van der Waals surface area (Å²) in [6.07, 6.45) is 2.29. The number of hydrogen-bond donors (Lipinski definition) is 2. The van der Waals surface area contributed by atoms with Gasteiger partial charge in [-0.05, 0) is 24.6 Å². The van der Waals surface area contributed by atoms with E-state index in [1.54, 1.807) is 19.2 Å². The van der Waals surface area contributed by atoms with Crippen molar-refractivity contribution in [1.29, 1.82) is 0 Å². The molecule has 0 radical (unpaired) electrons. The molecule has 1 aromatic rings. The van der Waals surface area contributed by atoms with Gasteiger partial charge < -0.3 is 16.0 Å². The minimum Gasteiger partial charge on any atom is -0.397 e. The molecule has 4 heteroatoms. The molecule has 0 bridgehead atoms. The Morgan fingerprint density at radius 2 is 2.18 bits per heavy atom. The minimum atomic E-state index is -0.112. The summed E-state index contributed by atoms with van der Waals surface area (Å²) in [6, 6.07) is 5.42. The number of hydrogen-bond acceptors (Lipinski definition) is 3. The summed E-state index contributed by atoms with van der Waals surface area (Å²) in [4.78, 5) is 13.6. The van der Waals surface area contributed by atoms with E-state index in [4.69, 9.17) is 5.73 Å². The molecule has 94 valence electrons. The van der Waals surface area contributed by atoms with Gasteiger partial charge in [-0.2, -0.15) is 0 Å². The van der Waals surface area contributed by atoms with E-state index in [0.29, 0.717) is 11.3 Å². The molecule has 0 aliphatic heterocycles. The molecule has 1 aromatic carbocycles. The first-order valence-electron chi connectivity index (χ1n) is 5.92. The molecule has 3 N–H and O–H groups in total. The van der Waals surface area contributed by atoms with Crippen molar-refractivity contribution in [2.45, 2.75) is 19.8 Å². The Bertz CT molecular complexity index is 390. The normalized spacial score (nSPS) is 10.1. The lowest BCUT2D eigenvalue weighted by Crippen LogP contribution is -2.21. The van der Waals surface area contributed by atoms with E-state index < -0.39 is 0 Å². The number of amides is 1. The Morgan fingerprint density at radius 3 is 2.71 bits per heavy atom. The van der Waals surface area contributed by atoms with Crippen LogP contribution in [0.1, 0.15) is 30.1 Å². The molecule has 17 heavy (non-hydrogen) atoms. The average Bonchev–Trinajstić information content (AvgIpc) is 2.34. The third kappa shape index (κ3) is 3.37. The number of nitrogen functional groups attached to an aromatic ring is 1. The lowest BCUT2D eigenvalue weighted by Gasteiger charge is -2.21. The van der Waals surface area contributed by atoms with Crippen LogP contribution in [0.4, 0.5) is 11.4 Å². The number of nitrogens with one attached hydrogen (secondary N) is 1. The SMILES string of the molecule is CCCCN(C)c1ccc(C(=O)NC)cc1N. The fraction of sp³-hybridized carbons (Fsp3) is 0.462. The Kier molecular flexibility index (Phi) is 4.82. The third-order valence-corrected chi connectivity index (χ3v) is 2.78. The van der Waals surface area contributed by atoms with Crippen molar-refractivity contribution in [2.75, 3.05) is 31.3 Å². The highest BCUT2D eigenvalue weighted by Gasteiger charge is 2.09. The van der Waals surface area contributed by atoms with Crippen LogP contribution in [0.3, 0.4) is 0 Å². The molecule has 0 atom stereocenters. The number of rotatable bonds is 5. The van der Waals surface area contributed by atoms with Crippen molar-refractivity contribution in [1.82, 2.24) is 5.32 Å². The van der Waals surface area contributed by atoms with Gasteiger partial charge in [-0.3, -0.25) is 4.79 Å². The molecular formula is C13H21N3O. The Balaban J connectivity index is 2.85. The van der Waals surface area contributed by atoms with Crippen molar-refractivity contribution in [3.05, 3.63) is 23.8 Å². The molecule has 0 aliphatic rings.